The number of alkyl halides is 1. The van der Waals surface area contributed by atoms with Crippen LogP contribution in [0.4, 0.5) is 4.39 Å². The van der Waals surface area contributed by atoms with Crippen molar-refractivity contribution in [2.45, 2.75) is 77.2 Å². The fraction of sp³-hybridized carbons (Fsp3) is 0.720. The lowest BCUT2D eigenvalue weighted by Gasteiger charge is -2.62. The fourth-order valence-electron chi connectivity index (χ4n) is 7.77. The van der Waals surface area contributed by atoms with Gasteiger partial charge in [-0.2, -0.15) is 12.6 Å². The molecule has 4 aliphatic rings. The molecule has 1 unspecified atom stereocenters. The van der Waals surface area contributed by atoms with E-state index in [1.807, 2.05) is 13.8 Å². The van der Waals surface area contributed by atoms with Gasteiger partial charge in [0.25, 0.3) is 0 Å². The number of esters is 1. The number of thiol groups is 1. The minimum atomic E-state index is -1.98. The van der Waals surface area contributed by atoms with Gasteiger partial charge in [-0.1, -0.05) is 32.4 Å². The molecule has 0 spiro atoms. The van der Waals surface area contributed by atoms with Crippen molar-refractivity contribution in [1.82, 2.24) is 0 Å². The van der Waals surface area contributed by atoms with Crippen molar-refractivity contribution in [2.24, 2.45) is 28.6 Å². The van der Waals surface area contributed by atoms with Crippen LogP contribution in [0.5, 0.6) is 0 Å². The van der Waals surface area contributed by atoms with Crippen LogP contribution in [0.1, 0.15) is 59.8 Å². The van der Waals surface area contributed by atoms with Crippen molar-refractivity contribution in [3.63, 3.8) is 0 Å². The molecule has 5 nitrogen and oxygen atoms in total. The summed E-state index contributed by atoms with van der Waals surface area (Å²) >= 11 is 4.22. The average molecular weight is 465 g/mol. The van der Waals surface area contributed by atoms with E-state index in [1.54, 1.807) is 19.9 Å². The number of ether oxygens (including phenoxy) is 1. The van der Waals surface area contributed by atoms with E-state index in [0.29, 0.717) is 24.8 Å². The highest BCUT2D eigenvalue weighted by molar-refractivity contribution is 7.81. The van der Waals surface area contributed by atoms with Crippen LogP contribution in [0, 0.1) is 28.6 Å². The Bertz CT molecular complexity index is 929. The molecule has 0 amide bonds. The first kappa shape index (κ1) is 23.7. The number of carbonyl (C=O) groups excluding carboxylic acids is 3. The van der Waals surface area contributed by atoms with Crippen LogP contribution in [0.15, 0.2) is 23.8 Å². The summed E-state index contributed by atoms with van der Waals surface area (Å²) < 4.78 is 23.1. The van der Waals surface area contributed by atoms with E-state index in [4.69, 9.17) is 4.74 Å². The summed E-state index contributed by atoms with van der Waals surface area (Å²) in [5.74, 6) is -2.14. The molecular weight excluding hydrogens is 431 g/mol. The number of aliphatic hydroxyl groups excluding tert-OH is 1. The quantitative estimate of drug-likeness (QED) is 0.489. The highest BCUT2D eigenvalue weighted by atomic mass is 32.1. The number of rotatable bonds is 4. The first-order valence-corrected chi connectivity index (χ1v) is 12.2. The summed E-state index contributed by atoms with van der Waals surface area (Å²) in [6.07, 6.45) is 4.80. The Labute approximate surface area is 194 Å². The van der Waals surface area contributed by atoms with Crippen LogP contribution in [0.2, 0.25) is 0 Å². The molecule has 0 aromatic heterocycles. The van der Waals surface area contributed by atoms with Crippen molar-refractivity contribution in [2.75, 3.05) is 5.75 Å². The van der Waals surface area contributed by atoms with E-state index in [1.165, 1.54) is 12.2 Å². The molecule has 0 aliphatic heterocycles. The maximum absolute atomic E-state index is 17.2. The lowest BCUT2D eigenvalue weighted by molar-refractivity contribution is -0.226. The third kappa shape index (κ3) is 2.70. The van der Waals surface area contributed by atoms with Crippen LogP contribution in [0.25, 0.3) is 0 Å². The maximum atomic E-state index is 17.2. The monoisotopic (exact) mass is 464 g/mol. The fourth-order valence-corrected chi connectivity index (χ4v) is 8.00. The molecule has 0 bridgehead atoms. The number of hydrogen-bond acceptors (Lipinski definition) is 6. The van der Waals surface area contributed by atoms with Gasteiger partial charge in [0.05, 0.1) is 11.9 Å². The summed E-state index contributed by atoms with van der Waals surface area (Å²) in [6, 6.07) is 0. The molecule has 3 fully saturated rings. The van der Waals surface area contributed by atoms with E-state index < -0.39 is 40.1 Å². The number of fused-ring (bicyclic) bond motifs is 5. The second-order valence-electron chi connectivity index (χ2n) is 10.5. The molecule has 4 rings (SSSR count). The number of carbonyl (C=O) groups is 3. The first-order valence-electron chi connectivity index (χ1n) is 11.6. The minimum absolute atomic E-state index is 0.00379. The number of aliphatic hydroxyl groups is 1. The minimum Gasteiger partial charge on any atom is -0.450 e. The Balaban J connectivity index is 1.85. The first-order chi connectivity index (χ1) is 14.9. The zero-order valence-corrected chi connectivity index (χ0v) is 20.1. The molecule has 0 aromatic rings. The summed E-state index contributed by atoms with van der Waals surface area (Å²) in [6.45, 7) is 7.20. The van der Waals surface area contributed by atoms with Gasteiger partial charge in [-0.3, -0.25) is 14.4 Å². The Hall–Kier alpha value is -1.47. The smallest absolute Gasteiger partial charge is 0.306 e. The molecule has 1 N–H and O–H groups in total. The average Bonchev–Trinajstić information content (AvgIpc) is 2.96. The second-order valence-corrected chi connectivity index (χ2v) is 10.9. The molecule has 0 aromatic carbocycles. The predicted molar refractivity (Wildman–Crippen MR) is 121 cm³/mol. The predicted octanol–water partition coefficient (Wildman–Crippen LogP) is 3.79. The molecular formula is C25H33FO5S. The van der Waals surface area contributed by atoms with E-state index in [2.05, 4.69) is 12.6 Å². The lowest BCUT2D eigenvalue weighted by Crippen LogP contribution is -2.70. The Morgan fingerprint density at radius 2 is 2.00 bits per heavy atom. The van der Waals surface area contributed by atoms with E-state index >= 15 is 4.39 Å². The Morgan fingerprint density at radius 3 is 2.62 bits per heavy atom. The van der Waals surface area contributed by atoms with Gasteiger partial charge in [0.15, 0.2) is 22.8 Å². The molecule has 0 heterocycles. The molecule has 176 valence electrons. The van der Waals surface area contributed by atoms with E-state index in [9.17, 15) is 19.5 Å². The number of hydrogen-bond donors (Lipinski definition) is 2. The normalized spacial score (nSPS) is 47.2. The zero-order chi connectivity index (χ0) is 23.7. The number of allylic oxidation sites excluding steroid dienone is 4. The van der Waals surface area contributed by atoms with Crippen molar-refractivity contribution >= 4 is 30.2 Å². The van der Waals surface area contributed by atoms with Gasteiger partial charge in [-0.25, -0.2) is 4.39 Å². The molecule has 3 saturated carbocycles. The van der Waals surface area contributed by atoms with Crippen LogP contribution < -0.4 is 0 Å². The topological polar surface area (TPSA) is 80.7 Å². The van der Waals surface area contributed by atoms with Gasteiger partial charge in [-0.05, 0) is 50.7 Å². The van der Waals surface area contributed by atoms with E-state index in [-0.39, 0.29) is 42.0 Å². The van der Waals surface area contributed by atoms with Crippen molar-refractivity contribution < 1.29 is 28.6 Å². The second kappa shape index (κ2) is 7.52. The van der Waals surface area contributed by atoms with Gasteiger partial charge in [-0.15, -0.1) is 0 Å². The highest BCUT2D eigenvalue weighted by Gasteiger charge is 2.77. The zero-order valence-electron chi connectivity index (χ0n) is 19.2. The summed E-state index contributed by atoms with van der Waals surface area (Å²) in [7, 11) is 0. The molecule has 8 atom stereocenters. The van der Waals surface area contributed by atoms with Crippen LogP contribution in [-0.2, 0) is 19.1 Å². The highest BCUT2D eigenvalue weighted by Crippen LogP contribution is 2.71. The third-order valence-electron chi connectivity index (χ3n) is 9.30. The lowest BCUT2D eigenvalue weighted by atomic mass is 9.44. The number of ketones is 2. The van der Waals surface area contributed by atoms with Gasteiger partial charge >= 0.3 is 5.97 Å². The Morgan fingerprint density at radius 1 is 1.31 bits per heavy atom. The summed E-state index contributed by atoms with van der Waals surface area (Å²) in [4.78, 5) is 37.8. The third-order valence-corrected chi connectivity index (χ3v) is 9.59. The Kier molecular flexibility index (Phi) is 5.57. The van der Waals surface area contributed by atoms with Crippen LogP contribution >= 0.6 is 12.6 Å². The SMILES string of the molecule is CCC(=O)O[C@]1(C(=O)CS)[C@@H](C)C[C@H]2[C@@H]3CCC4=CC(=O)C=C[C@]4(C)C3(F)[C@@H](O)C[C@@]21C. The standard InChI is InChI=1S/C25H33FO5S/c1-5-21(30)31-25(20(29)13-32)14(2)10-18-17-7-6-15-11-16(27)8-9-22(15,3)24(17,26)19(28)12-23(18,25)4/h8-9,11,14,17-19,28,32H,5-7,10,12-13H2,1-4H3/t14-,17-,18-,19-,22-,23-,24?,25-/m0/s1. The molecule has 32 heavy (non-hydrogen) atoms. The maximum Gasteiger partial charge on any atom is 0.306 e. The van der Waals surface area contributed by atoms with Crippen molar-refractivity contribution in [3.05, 3.63) is 23.8 Å². The largest absolute Gasteiger partial charge is 0.450 e. The van der Waals surface area contributed by atoms with Gasteiger partial charge in [0.2, 0.25) is 0 Å². The van der Waals surface area contributed by atoms with Crippen LogP contribution in [0.3, 0.4) is 0 Å². The van der Waals surface area contributed by atoms with Crippen molar-refractivity contribution in [1.29, 1.82) is 0 Å². The van der Waals surface area contributed by atoms with Gasteiger partial charge in [0, 0.05) is 29.1 Å². The number of halogens is 1. The van der Waals surface area contributed by atoms with Gasteiger partial charge < -0.3 is 9.84 Å². The molecule has 0 radical (unpaired) electrons. The molecule has 0 saturated heterocycles. The number of Topliss-reactive ketones (excluding diaryl/α,β-unsaturated/α-hetero) is 1. The van der Waals surface area contributed by atoms with E-state index in [0.717, 1.165) is 0 Å². The van der Waals surface area contributed by atoms with Crippen molar-refractivity contribution in [3.8, 4) is 0 Å². The molecule has 7 heteroatoms. The summed E-state index contributed by atoms with van der Waals surface area (Å²) in [5.41, 5.74) is -4.71. The van der Waals surface area contributed by atoms with Gasteiger partial charge in [0.1, 0.15) is 0 Å². The van der Waals surface area contributed by atoms with Crippen LogP contribution in [-0.4, -0.2) is 45.8 Å². The summed E-state index contributed by atoms with van der Waals surface area (Å²) in [5, 5.41) is 11.4. The molecule has 4 aliphatic carbocycles.